The lowest BCUT2D eigenvalue weighted by Crippen LogP contribution is -2.53. The first-order valence-electron chi connectivity index (χ1n) is 7.24. The van der Waals surface area contributed by atoms with Gasteiger partial charge in [0.2, 0.25) is 0 Å². The van der Waals surface area contributed by atoms with Crippen LogP contribution in [0.4, 0.5) is 0 Å². The summed E-state index contributed by atoms with van der Waals surface area (Å²) in [6.45, 7) is 7.40. The number of aliphatic hydroxyl groups excluding tert-OH is 1. The third-order valence-corrected chi connectivity index (χ3v) is 3.81. The number of aliphatic hydroxyl groups is 1. The third kappa shape index (κ3) is 3.60. The Labute approximate surface area is 125 Å². The van der Waals surface area contributed by atoms with Gasteiger partial charge in [-0.25, -0.2) is 0 Å². The highest BCUT2D eigenvalue weighted by Gasteiger charge is 2.27. The molecule has 1 saturated heterocycles. The maximum Gasteiger partial charge on any atom is 0.255 e. The molecule has 5 nitrogen and oxygen atoms in total. The van der Waals surface area contributed by atoms with E-state index in [9.17, 15) is 4.79 Å². The fourth-order valence-corrected chi connectivity index (χ4v) is 2.64. The summed E-state index contributed by atoms with van der Waals surface area (Å²) in [4.78, 5) is 20.9. The molecular formula is C16H21N3O2. The molecular weight excluding hydrogens is 266 g/mol. The first-order valence-corrected chi connectivity index (χ1v) is 7.24. The average Bonchev–Trinajstić information content (AvgIpc) is 2.52. The van der Waals surface area contributed by atoms with Crippen molar-refractivity contribution in [3.8, 4) is 11.8 Å². The summed E-state index contributed by atoms with van der Waals surface area (Å²) in [6.07, 6.45) is 3.17. The Bertz CT molecular complexity index is 562. The van der Waals surface area contributed by atoms with Gasteiger partial charge in [-0.05, 0) is 19.5 Å². The minimum atomic E-state index is -0.227. The Morgan fingerprint density at radius 3 is 3.00 bits per heavy atom. The van der Waals surface area contributed by atoms with E-state index in [1.54, 1.807) is 18.5 Å². The fourth-order valence-electron chi connectivity index (χ4n) is 2.64. The molecule has 0 radical (unpaired) electrons. The van der Waals surface area contributed by atoms with E-state index in [1.807, 2.05) is 4.90 Å². The van der Waals surface area contributed by atoms with E-state index < -0.39 is 0 Å². The molecule has 0 aromatic carbocycles. The van der Waals surface area contributed by atoms with Crippen molar-refractivity contribution in [1.82, 2.24) is 14.8 Å². The molecule has 1 unspecified atom stereocenters. The van der Waals surface area contributed by atoms with Crippen LogP contribution >= 0.6 is 0 Å². The Hall–Kier alpha value is -1.90. The Morgan fingerprint density at radius 1 is 1.52 bits per heavy atom. The van der Waals surface area contributed by atoms with Crippen molar-refractivity contribution in [2.45, 2.75) is 19.9 Å². The fraction of sp³-hybridized carbons (Fsp3) is 0.500. The van der Waals surface area contributed by atoms with Gasteiger partial charge in [-0.3, -0.25) is 14.7 Å². The van der Waals surface area contributed by atoms with Gasteiger partial charge >= 0.3 is 0 Å². The second-order valence-electron chi connectivity index (χ2n) is 5.11. The molecule has 2 rings (SSSR count). The second kappa shape index (κ2) is 7.21. The topological polar surface area (TPSA) is 56.7 Å². The van der Waals surface area contributed by atoms with Gasteiger partial charge in [0.05, 0.1) is 11.1 Å². The first-order chi connectivity index (χ1) is 10.2. The predicted molar refractivity (Wildman–Crippen MR) is 80.8 cm³/mol. The highest BCUT2D eigenvalue weighted by atomic mass is 16.2. The Balaban J connectivity index is 2.17. The highest BCUT2D eigenvalue weighted by Crippen LogP contribution is 2.15. The summed E-state index contributed by atoms with van der Waals surface area (Å²) in [6, 6.07) is 2.06. The molecule has 0 aliphatic carbocycles. The van der Waals surface area contributed by atoms with E-state index in [1.165, 1.54) is 0 Å². The number of aromatic nitrogens is 1. The number of amides is 1. The van der Waals surface area contributed by atoms with Gasteiger partial charge in [0.1, 0.15) is 6.61 Å². The predicted octanol–water partition coefficient (Wildman–Crippen LogP) is 0.592. The normalized spacial score (nSPS) is 19.0. The molecule has 1 aromatic rings. The number of piperazine rings is 1. The molecule has 1 atom stereocenters. The van der Waals surface area contributed by atoms with Gasteiger partial charge in [-0.15, -0.1) is 0 Å². The summed E-state index contributed by atoms with van der Waals surface area (Å²) in [5.41, 5.74) is 1.13. The number of hydrogen-bond acceptors (Lipinski definition) is 4. The van der Waals surface area contributed by atoms with Crippen molar-refractivity contribution in [3.05, 3.63) is 29.6 Å². The highest BCUT2D eigenvalue weighted by molar-refractivity contribution is 5.96. The largest absolute Gasteiger partial charge is 0.384 e. The number of carbonyl (C=O) groups excluding carboxylic acids is 1. The molecule has 1 fully saturated rings. The SMILES string of the molecule is CCN1CCN(C(=O)c2ccncc2C#CCO)CC1C. The molecule has 2 heterocycles. The van der Waals surface area contributed by atoms with E-state index in [4.69, 9.17) is 5.11 Å². The van der Waals surface area contributed by atoms with Crippen LogP contribution in [0.5, 0.6) is 0 Å². The summed E-state index contributed by atoms with van der Waals surface area (Å²) in [5.74, 6) is 5.36. The minimum absolute atomic E-state index is 0.0118. The maximum atomic E-state index is 12.7. The standard InChI is InChI=1S/C16H21N3O2/c1-3-18-8-9-19(12-13(18)2)16(21)15-6-7-17-11-14(15)5-4-10-20/h6-7,11,13,20H,3,8-10,12H2,1-2H3. The number of pyridine rings is 1. The average molecular weight is 287 g/mol. The van der Waals surface area contributed by atoms with Gasteiger partial charge in [0, 0.05) is 38.1 Å². The van der Waals surface area contributed by atoms with Gasteiger partial charge in [-0.2, -0.15) is 0 Å². The van der Waals surface area contributed by atoms with E-state index in [0.717, 1.165) is 26.2 Å². The van der Waals surface area contributed by atoms with Gasteiger partial charge in [0.15, 0.2) is 0 Å². The van der Waals surface area contributed by atoms with Crippen molar-refractivity contribution in [1.29, 1.82) is 0 Å². The van der Waals surface area contributed by atoms with Crippen molar-refractivity contribution >= 4 is 5.91 Å². The third-order valence-electron chi connectivity index (χ3n) is 3.81. The lowest BCUT2D eigenvalue weighted by atomic mass is 10.1. The van der Waals surface area contributed by atoms with E-state index >= 15 is 0 Å². The molecule has 5 heteroatoms. The maximum absolute atomic E-state index is 12.7. The summed E-state index contributed by atoms with van der Waals surface area (Å²) in [5, 5.41) is 8.80. The van der Waals surface area contributed by atoms with Crippen LogP contribution in [0.25, 0.3) is 0 Å². The van der Waals surface area contributed by atoms with E-state index in [2.05, 4.69) is 35.6 Å². The number of rotatable bonds is 2. The Morgan fingerprint density at radius 2 is 2.33 bits per heavy atom. The molecule has 112 valence electrons. The van der Waals surface area contributed by atoms with Crippen LogP contribution in [0.3, 0.4) is 0 Å². The minimum Gasteiger partial charge on any atom is -0.384 e. The smallest absolute Gasteiger partial charge is 0.255 e. The molecule has 21 heavy (non-hydrogen) atoms. The zero-order valence-electron chi connectivity index (χ0n) is 12.5. The summed E-state index contributed by atoms with van der Waals surface area (Å²) < 4.78 is 0. The lowest BCUT2D eigenvalue weighted by molar-refractivity contribution is 0.0528. The monoisotopic (exact) mass is 287 g/mol. The van der Waals surface area contributed by atoms with Crippen LogP contribution in [-0.4, -0.2) is 64.6 Å². The summed E-state index contributed by atoms with van der Waals surface area (Å²) in [7, 11) is 0. The van der Waals surface area contributed by atoms with Gasteiger partial charge in [-0.1, -0.05) is 18.8 Å². The Kier molecular flexibility index (Phi) is 5.32. The molecule has 1 aliphatic rings. The van der Waals surface area contributed by atoms with Crippen molar-refractivity contribution in [3.63, 3.8) is 0 Å². The van der Waals surface area contributed by atoms with Crippen molar-refractivity contribution in [2.75, 3.05) is 32.8 Å². The zero-order chi connectivity index (χ0) is 15.2. The van der Waals surface area contributed by atoms with Crippen LogP contribution < -0.4 is 0 Å². The van der Waals surface area contributed by atoms with Crippen LogP contribution in [-0.2, 0) is 0 Å². The van der Waals surface area contributed by atoms with Crippen LogP contribution in [0.1, 0.15) is 29.8 Å². The number of nitrogens with zero attached hydrogens (tertiary/aromatic N) is 3. The lowest BCUT2D eigenvalue weighted by Gasteiger charge is -2.39. The molecule has 1 aromatic heterocycles. The molecule has 0 spiro atoms. The van der Waals surface area contributed by atoms with Crippen LogP contribution in [0.2, 0.25) is 0 Å². The van der Waals surface area contributed by atoms with Crippen molar-refractivity contribution < 1.29 is 9.90 Å². The van der Waals surface area contributed by atoms with Gasteiger partial charge < -0.3 is 10.0 Å². The first kappa shape index (κ1) is 15.5. The van der Waals surface area contributed by atoms with E-state index in [0.29, 0.717) is 17.2 Å². The van der Waals surface area contributed by atoms with E-state index in [-0.39, 0.29) is 12.5 Å². The van der Waals surface area contributed by atoms with Gasteiger partial charge in [0.25, 0.3) is 5.91 Å². The van der Waals surface area contributed by atoms with Crippen LogP contribution in [0.15, 0.2) is 18.5 Å². The quantitative estimate of drug-likeness (QED) is 0.809. The van der Waals surface area contributed by atoms with Crippen LogP contribution in [0, 0.1) is 11.8 Å². The molecule has 0 bridgehead atoms. The zero-order valence-corrected chi connectivity index (χ0v) is 12.5. The number of carbonyl (C=O) groups is 1. The second-order valence-corrected chi connectivity index (χ2v) is 5.11. The molecule has 0 saturated carbocycles. The molecule has 1 N–H and O–H groups in total. The molecule has 1 amide bonds. The molecule has 1 aliphatic heterocycles. The van der Waals surface area contributed by atoms with Crippen molar-refractivity contribution in [2.24, 2.45) is 0 Å². The number of hydrogen-bond donors (Lipinski definition) is 1. The number of likely N-dealkylation sites (N-methyl/N-ethyl adjacent to an activating group) is 1. The summed E-state index contributed by atoms with van der Waals surface area (Å²) >= 11 is 0.